The van der Waals surface area contributed by atoms with E-state index >= 15 is 0 Å². The van der Waals surface area contributed by atoms with Gasteiger partial charge in [-0.3, -0.25) is 0 Å². The fourth-order valence-corrected chi connectivity index (χ4v) is 28.7. The molecule has 4 heterocycles. The largest absolute Gasteiger partial charge is 0.648 e. The van der Waals surface area contributed by atoms with Crippen LogP contribution in [0.5, 0.6) is 0 Å². The Morgan fingerprint density at radius 3 is 0.344 bits per heavy atom. The molecule has 4 saturated heterocycles. The highest BCUT2D eigenvalue weighted by Crippen LogP contribution is 2.53. The molecule has 122 heavy (non-hydrogen) atoms. The fraction of sp³-hybridized carbons (Fsp3) is 0.0400. The summed E-state index contributed by atoms with van der Waals surface area (Å²) >= 11 is 0. The standard InChI is InChI=1S/C100H80B4O14Si4/c1-17-49-81(50-18-1)97(82-51-19-2-20-52-82,83-53-21-3-22-54-83)105-119-109-101(93-73-41-13-42-74-93)111-121(112-102(110-119)94-75-43-14-44-76-94,107-99(87-61-29-7-30-62-87,88-63-31-8-32-64-88)89-65-33-9-34-66-89)118-122(108-100(90-67-35-10-36-68-90,91-69-37-11-38-70-91)92-71-39-12-40-72-92)115-103(95-77-45-15-46-78-95)113-120(117-119,114-104(116-122)96-79-47-16-48-80-96)106-98(84-55-23-4-24-56-84,85-57-25-5-26-58-85)86-59-27-6-28-60-86/h1-80H. The third-order valence-corrected chi connectivity index (χ3v) is 32.3. The van der Waals surface area contributed by atoms with Crippen LogP contribution in [-0.2, 0) is 83.1 Å². The average Bonchev–Trinajstić information content (AvgIpc) is 0.703. The highest BCUT2D eigenvalue weighted by molar-refractivity contribution is 6.93. The van der Waals surface area contributed by atoms with Crippen molar-refractivity contribution in [1.82, 2.24) is 0 Å². The summed E-state index contributed by atoms with van der Waals surface area (Å²) in [6.45, 7) is 0. The van der Waals surface area contributed by atoms with Gasteiger partial charge in [-0.1, -0.05) is 485 Å². The lowest BCUT2D eigenvalue weighted by atomic mass is 9.80. The molecule has 0 aliphatic carbocycles. The summed E-state index contributed by atoms with van der Waals surface area (Å²) in [6.07, 6.45) is 0. The fourth-order valence-electron chi connectivity index (χ4n) is 16.5. The molecule has 0 radical (unpaired) electrons. The van der Waals surface area contributed by atoms with E-state index in [1.807, 2.05) is 485 Å². The van der Waals surface area contributed by atoms with Crippen LogP contribution < -0.4 is 21.9 Å². The molecule has 22 heteroatoms. The van der Waals surface area contributed by atoms with Crippen molar-refractivity contribution in [1.29, 1.82) is 0 Å². The van der Waals surface area contributed by atoms with Crippen LogP contribution in [0.3, 0.4) is 0 Å². The normalized spacial score (nSPS) is 19.0. The molecule has 14 nitrogen and oxygen atoms in total. The van der Waals surface area contributed by atoms with Crippen LogP contribution in [0.2, 0.25) is 0 Å². The highest BCUT2D eigenvalue weighted by atomic mass is 28.5. The zero-order valence-corrected chi connectivity index (χ0v) is 70.2. The Kier molecular flexibility index (Phi) is 23.1. The van der Waals surface area contributed by atoms with Gasteiger partial charge in [-0.2, -0.15) is 0 Å². The Balaban J connectivity index is 1.02. The van der Waals surface area contributed by atoms with Gasteiger partial charge in [0.1, 0.15) is 22.4 Å². The topological polar surface area (TPSA) is 129 Å². The van der Waals surface area contributed by atoms with E-state index in [2.05, 4.69) is 0 Å². The van der Waals surface area contributed by atoms with Crippen LogP contribution in [0, 0.1) is 0 Å². The molecule has 0 aromatic heterocycles. The Hall–Kier alpha value is -11.9. The van der Waals surface area contributed by atoms with Gasteiger partial charge in [0, 0.05) is 0 Å². The number of rotatable bonds is 24. The van der Waals surface area contributed by atoms with Gasteiger partial charge in [-0.25, -0.2) is 0 Å². The Morgan fingerprint density at radius 1 is 0.139 bits per heavy atom. The van der Waals surface area contributed by atoms with E-state index in [0.29, 0.717) is 88.6 Å². The van der Waals surface area contributed by atoms with Crippen LogP contribution in [0.15, 0.2) is 485 Å². The summed E-state index contributed by atoms with van der Waals surface area (Å²) in [7, 11) is -31.7. The Bertz CT molecular complexity index is 4870. The molecule has 4 fully saturated rings. The predicted molar refractivity (Wildman–Crippen MR) is 482 cm³/mol. The molecule has 592 valence electrons. The monoisotopic (exact) mass is 1660 g/mol. The van der Waals surface area contributed by atoms with Crippen molar-refractivity contribution in [2.45, 2.75) is 22.4 Å². The third-order valence-electron chi connectivity index (χ3n) is 22.1. The van der Waals surface area contributed by atoms with Gasteiger partial charge in [0.25, 0.3) is 0 Å². The first-order valence-electron chi connectivity index (χ1n) is 40.7. The average molecular weight is 1660 g/mol. The Morgan fingerprint density at radius 2 is 0.238 bits per heavy atom. The summed E-state index contributed by atoms with van der Waals surface area (Å²) < 4.78 is 122. The first-order chi connectivity index (χ1) is 60.2. The second-order valence-electron chi connectivity index (χ2n) is 29.6. The van der Waals surface area contributed by atoms with E-state index < -0.39 is 87.1 Å². The van der Waals surface area contributed by atoms with Crippen molar-refractivity contribution in [2.24, 2.45) is 0 Å². The van der Waals surface area contributed by atoms with Crippen molar-refractivity contribution in [3.63, 3.8) is 0 Å². The van der Waals surface area contributed by atoms with Crippen molar-refractivity contribution in [2.75, 3.05) is 0 Å². The van der Waals surface area contributed by atoms with Crippen molar-refractivity contribution in [3.05, 3.63) is 552 Å². The maximum absolute atomic E-state index is 8.89. The molecule has 4 aliphatic rings. The smallest absolute Gasteiger partial charge is 0.386 e. The number of fused-ring (bicyclic) bond motifs is 4. The molecular weight excluding hydrogens is 1580 g/mol. The molecule has 0 atom stereocenters. The molecule has 4 aliphatic heterocycles. The maximum atomic E-state index is 8.89. The number of hydrogen-bond donors (Lipinski definition) is 0. The molecule has 20 rings (SSSR count). The van der Waals surface area contributed by atoms with E-state index in [-0.39, 0.29) is 0 Å². The summed E-state index contributed by atoms with van der Waals surface area (Å²) in [5, 5.41) is 0. The van der Waals surface area contributed by atoms with Crippen LogP contribution in [0.1, 0.15) is 66.8 Å². The molecule has 16 aromatic carbocycles. The van der Waals surface area contributed by atoms with E-state index in [1.54, 1.807) is 0 Å². The molecule has 16 aromatic rings. The first-order valence-corrected chi connectivity index (χ1v) is 47.2. The zero-order valence-electron chi connectivity index (χ0n) is 66.2. The van der Waals surface area contributed by atoms with E-state index in [4.69, 9.17) is 60.7 Å². The van der Waals surface area contributed by atoms with Crippen molar-refractivity contribution < 1.29 is 60.7 Å². The summed E-state index contributed by atoms with van der Waals surface area (Å²) in [5.74, 6) is 0. The molecule has 0 amide bonds. The minimum Gasteiger partial charge on any atom is -0.386 e. The first kappa shape index (κ1) is 79.8. The van der Waals surface area contributed by atoms with Crippen molar-refractivity contribution >= 4 is 86.5 Å². The van der Waals surface area contributed by atoms with Crippen LogP contribution in [-0.4, -0.2) is 64.7 Å². The maximum Gasteiger partial charge on any atom is 0.648 e. The molecule has 0 saturated carbocycles. The number of benzene rings is 16. The van der Waals surface area contributed by atoms with Gasteiger partial charge in [0.2, 0.25) is 0 Å². The van der Waals surface area contributed by atoms with Crippen molar-refractivity contribution in [3.8, 4) is 0 Å². The summed E-state index contributed by atoms with van der Waals surface area (Å²) in [6, 6.07) is 157. The lowest BCUT2D eigenvalue weighted by Crippen LogP contribution is -2.80. The second-order valence-corrected chi connectivity index (χ2v) is 38.0. The predicted octanol–water partition coefficient (Wildman–Crippen LogP) is 17.6. The van der Waals surface area contributed by atoms with Gasteiger partial charge < -0.3 is 60.7 Å². The molecule has 0 N–H and O–H groups in total. The van der Waals surface area contributed by atoms with Crippen LogP contribution in [0.4, 0.5) is 0 Å². The van der Waals surface area contributed by atoms with Gasteiger partial charge >= 0.3 is 64.7 Å². The van der Waals surface area contributed by atoms with Crippen LogP contribution >= 0.6 is 0 Å². The van der Waals surface area contributed by atoms with Crippen LogP contribution in [0.25, 0.3) is 0 Å². The SMILES string of the molecule is c1ccc(B2O[Si]3(OC(c4ccccc4)(c4ccccc4)c4ccccc4)OB(c4ccccc4)O[Si](OC(c4ccccc4)(c4ccccc4)c4ccccc4)(O2)O[Si]2(OC(c4ccccc4)(c4ccccc4)c4ccccc4)OB(c4ccccc4)O[Si](OC(c4ccccc4)(c4ccccc4)c4ccccc4)(OB(c4ccccc4)O2)O3)cc1. The van der Waals surface area contributed by atoms with E-state index in [0.717, 1.165) is 0 Å². The lowest BCUT2D eigenvalue weighted by Gasteiger charge is -2.53. The van der Waals surface area contributed by atoms with Gasteiger partial charge in [-0.15, -0.1) is 0 Å². The minimum atomic E-state index is -6.07. The lowest BCUT2D eigenvalue weighted by molar-refractivity contribution is -0.0838. The molecule has 0 unspecified atom stereocenters. The zero-order chi connectivity index (χ0) is 82.0. The minimum absolute atomic E-state index is 0.378. The van der Waals surface area contributed by atoms with Gasteiger partial charge in [-0.05, 0) is 88.6 Å². The second kappa shape index (κ2) is 35.3. The highest BCUT2D eigenvalue weighted by Gasteiger charge is 2.78. The molecular formula is C100H80B4O14Si4. The van der Waals surface area contributed by atoms with Gasteiger partial charge in [0.05, 0.1) is 0 Å². The quantitative estimate of drug-likeness (QED) is 0.0420. The number of hydrogen-bond acceptors (Lipinski definition) is 14. The van der Waals surface area contributed by atoms with E-state index in [9.17, 15) is 0 Å². The molecule has 0 spiro atoms. The van der Waals surface area contributed by atoms with E-state index in [1.165, 1.54) is 0 Å². The van der Waals surface area contributed by atoms with Gasteiger partial charge in [0.15, 0.2) is 0 Å². The third kappa shape index (κ3) is 15.8. The Labute approximate surface area is 716 Å². The summed E-state index contributed by atoms with van der Waals surface area (Å²) in [5.41, 5.74) is 1.60. The summed E-state index contributed by atoms with van der Waals surface area (Å²) in [4.78, 5) is 0. The molecule has 4 bridgehead atoms.